The molecule has 40 heavy (non-hydrogen) atoms. The van der Waals surface area contributed by atoms with E-state index in [0.29, 0.717) is 48.5 Å². The molecular formula is C30H32F6N2OS. The molecule has 3 aromatic carbocycles. The lowest BCUT2D eigenvalue weighted by Crippen LogP contribution is -2.26. The molecule has 0 spiro atoms. The van der Waals surface area contributed by atoms with Gasteiger partial charge in [-0.15, -0.1) is 0 Å². The number of allylic oxidation sites excluding steroid dienone is 1. The average molecular weight is 583 g/mol. The number of fused-ring (bicyclic) bond motifs is 1. The number of alkyl halides is 1. The van der Waals surface area contributed by atoms with Gasteiger partial charge in [-0.1, -0.05) is 49.8 Å². The number of nitrogens with zero attached hydrogens (tertiary/aromatic N) is 1. The van der Waals surface area contributed by atoms with Crippen LogP contribution in [-0.2, 0) is 6.42 Å². The third-order valence-corrected chi connectivity index (χ3v) is 8.67. The van der Waals surface area contributed by atoms with Crippen LogP contribution in [0.2, 0.25) is 0 Å². The van der Waals surface area contributed by atoms with E-state index in [0.717, 1.165) is 72.3 Å². The molecule has 216 valence electrons. The number of ether oxygens (including phenoxy) is 1. The quantitative estimate of drug-likeness (QED) is 0.213. The Labute approximate surface area is 230 Å². The molecule has 0 amide bonds. The highest BCUT2D eigenvalue weighted by molar-refractivity contribution is 8.45. The first kappa shape index (κ1) is 28.4. The highest BCUT2D eigenvalue weighted by Crippen LogP contribution is 3.02. The predicted molar refractivity (Wildman–Crippen MR) is 150 cm³/mol. The van der Waals surface area contributed by atoms with E-state index in [4.69, 9.17) is 10.5 Å². The van der Waals surface area contributed by atoms with Crippen molar-refractivity contribution in [3.8, 4) is 5.75 Å². The van der Waals surface area contributed by atoms with Gasteiger partial charge in [0, 0.05) is 25.3 Å². The smallest absolute Gasteiger partial charge is 0.310 e. The number of hydrogen-bond donors (Lipinski definition) is 1. The number of benzene rings is 3. The van der Waals surface area contributed by atoms with Crippen LogP contribution in [0.5, 0.6) is 5.75 Å². The summed E-state index contributed by atoms with van der Waals surface area (Å²) in [7, 11) is -9.77. The molecule has 0 saturated carbocycles. The topological polar surface area (TPSA) is 38.5 Å². The van der Waals surface area contributed by atoms with Gasteiger partial charge in [0.25, 0.3) is 0 Å². The summed E-state index contributed by atoms with van der Waals surface area (Å²) >= 11 is 0. The Morgan fingerprint density at radius 3 is 2.25 bits per heavy atom. The van der Waals surface area contributed by atoms with Crippen LogP contribution in [0.4, 0.5) is 29.5 Å². The van der Waals surface area contributed by atoms with Crippen molar-refractivity contribution >= 4 is 27.1 Å². The fourth-order valence-corrected chi connectivity index (χ4v) is 6.26. The molecule has 1 heterocycles. The van der Waals surface area contributed by atoms with Gasteiger partial charge in [0.05, 0.1) is 6.67 Å². The molecule has 0 aromatic heterocycles. The molecular weight excluding hydrogens is 550 g/mol. The molecule has 1 atom stereocenters. The van der Waals surface area contributed by atoms with Gasteiger partial charge in [-0.2, -0.15) is 0 Å². The lowest BCUT2D eigenvalue weighted by molar-refractivity contribution is 0.198. The third kappa shape index (κ3) is 6.44. The summed E-state index contributed by atoms with van der Waals surface area (Å²) in [6.07, 6.45) is 3.37. The van der Waals surface area contributed by atoms with Crippen molar-refractivity contribution in [3.63, 3.8) is 0 Å². The first-order valence-corrected chi connectivity index (χ1v) is 15.3. The summed E-state index contributed by atoms with van der Waals surface area (Å²) in [4.78, 5) is 0.287. The van der Waals surface area contributed by atoms with Gasteiger partial charge in [-0.05, 0) is 102 Å². The van der Waals surface area contributed by atoms with Crippen molar-refractivity contribution in [2.45, 2.75) is 43.1 Å². The second kappa shape index (κ2) is 10.1. The van der Waals surface area contributed by atoms with E-state index in [2.05, 4.69) is 4.90 Å². The Kier molecular flexibility index (Phi) is 7.15. The molecule has 10 heteroatoms. The zero-order valence-electron chi connectivity index (χ0n) is 21.9. The van der Waals surface area contributed by atoms with Crippen molar-refractivity contribution in [1.82, 2.24) is 4.90 Å². The van der Waals surface area contributed by atoms with Gasteiger partial charge in [-0.25, -0.2) is 0 Å². The number of nitrogens with two attached hydrogens (primary N) is 1. The zero-order valence-corrected chi connectivity index (χ0v) is 22.7. The molecule has 0 unspecified atom stereocenters. The van der Waals surface area contributed by atoms with E-state index in [1.807, 2.05) is 36.4 Å². The first-order chi connectivity index (χ1) is 18.8. The molecule has 0 bridgehead atoms. The fourth-order valence-electron chi connectivity index (χ4n) is 5.61. The Morgan fingerprint density at radius 1 is 0.875 bits per heavy atom. The van der Waals surface area contributed by atoms with Crippen LogP contribution in [0.3, 0.4) is 0 Å². The third-order valence-electron chi connectivity index (χ3n) is 7.50. The molecule has 3 nitrogen and oxygen atoms in total. The van der Waals surface area contributed by atoms with Gasteiger partial charge in [0.1, 0.15) is 16.7 Å². The van der Waals surface area contributed by atoms with Crippen LogP contribution in [0, 0.1) is 0 Å². The minimum atomic E-state index is -9.77. The number of likely N-dealkylation sites (tertiary alicyclic amines) is 1. The van der Waals surface area contributed by atoms with Crippen LogP contribution in [0.25, 0.3) is 11.1 Å². The number of nitrogen functional groups attached to an aromatic ring is 1. The molecule has 1 saturated heterocycles. The SMILES string of the molecule is Nc1ccc2c(c1)CCCC(c1ccc(S(F)(F)(F)(F)F)cc1)=C2c1ccc(O[C@H]2CCN(CCCF)C2)cc1. The number of aryl methyl sites for hydroxylation is 1. The van der Waals surface area contributed by atoms with E-state index in [-0.39, 0.29) is 12.8 Å². The Hall–Kier alpha value is -3.11. The zero-order chi connectivity index (χ0) is 28.6. The first-order valence-electron chi connectivity index (χ1n) is 13.3. The van der Waals surface area contributed by atoms with Crippen LogP contribution in [0.1, 0.15) is 47.9 Å². The van der Waals surface area contributed by atoms with Gasteiger partial charge in [0.2, 0.25) is 0 Å². The van der Waals surface area contributed by atoms with Crippen molar-refractivity contribution in [3.05, 3.63) is 89.0 Å². The summed E-state index contributed by atoms with van der Waals surface area (Å²) in [6, 6.07) is 16.4. The summed E-state index contributed by atoms with van der Waals surface area (Å²) in [5, 5.41) is 0. The van der Waals surface area contributed by atoms with E-state index in [1.54, 1.807) is 6.07 Å². The number of anilines is 1. The molecule has 5 rings (SSSR count). The maximum Gasteiger partial charge on any atom is 0.310 e. The highest BCUT2D eigenvalue weighted by atomic mass is 32.5. The average Bonchev–Trinajstić information content (AvgIpc) is 3.25. The maximum atomic E-state index is 13.4. The van der Waals surface area contributed by atoms with Crippen molar-refractivity contribution in [2.75, 3.05) is 32.0 Å². The predicted octanol–water partition coefficient (Wildman–Crippen LogP) is 9.03. The molecule has 1 aliphatic carbocycles. The largest absolute Gasteiger partial charge is 0.489 e. The molecule has 3 aromatic rings. The van der Waals surface area contributed by atoms with Crippen molar-refractivity contribution in [1.29, 1.82) is 0 Å². The standard InChI is InChI=1S/C30H32F6N2OS/c31-16-2-17-38-18-15-26(20-38)39-25-10-5-22(6-11-25)30-28(4-1-3-23-19-24(37)9-14-29(23)30)21-7-12-27(13-8-21)40(32,33,34,35)36/h5-14,19,26H,1-4,15-18,20,37H2/t26-/m0/s1. The van der Waals surface area contributed by atoms with Crippen LogP contribution in [0.15, 0.2) is 71.6 Å². The molecule has 1 fully saturated rings. The fraction of sp³-hybridized carbons (Fsp3) is 0.333. The van der Waals surface area contributed by atoms with Crippen LogP contribution in [-0.4, -0.2) is 37.3 Å². The lowest BCUT2D eigenvalue weighted by atomic mass is 9.88. The maximum absolute atomic E-state index is 13.4. The number of hydrogen-bond acceptors (Lipinski definition) is 3. The van der Waals surface area contributed by atoms with E-state index >= 15 is 0 Å². The Bertz CT molecular complexity index is 1410. The minimum Gasteiger partial charge on any atom is -0.489 e. The van der Waals surface area contributed by atoms with Gasteiger partial charge in [0.15, 0.2) is 0 Å². The van der Waals surface area contributed by atoms with Crippen molar-refractivity contribution in [2.24, 2.45) is 0 Å². The highest BCUT2D eigenvalue weighted by Gasteiger charge is 2.65. The van der Waals surface area contributed by atoms with Crippen LogP contribution < -0.4 is 10.5 Å². The summed E-state index contributed by atoms with van der Waals surface area (Å²) in [5.74, 6) is 0.689. The molecule has 1 aliphatic heterocycles. The second-order valence-corrected chi connectivity index (χ2v) is 12.9. The Balaban J connectivity index is 1.50. The minimum absolute atomic E-state index is 0.00887. The Morgan fingerprint density at radius 2 is 1.57 bits per heavy atom. The number of halogens is 6. The monoisotopic (exact) mass is 582 g/mol. The van der Waals surface area contributed by atoms with E-state index in [9.17, 15) is 23.8 Å². The normalized spacial score (nSPS) is 20.0. The van der Waals surface area contributed by atoms with E-state index < -0.39 is 15.1 Å². The second-order valence-electron chi connectivity index (χ2n) is 10.5. The van der Waals surface area contributed by atoms with Crippen LogP contribution >= 0.6 is 10.2 Å². The van der Waals surface area contributed by atoms with Crippen molar-refractivity contribution < 1.29 is 28.6 Å². The molecule has 2 aliphatic rings. The lowest BCUT2D eigenvalue weighted by Gasteiger charge is -2.40. The summed E-state index contributed by atoms with van der Waals surface area (Å²) in [6.45, 7) is 1.97. The van der Waals surface area contributed by atoms with E-state index in [1.165, 1.54) is 0 Å². The number of rotatable bonds is 8. The summed E-state index contributed by atoms with van der Waals surface area (Å²) in [5.41, 5.74) is 11.5. The molecule has 2 N–H and O–H groups in total. The van der Waals surface area contributed by atoms with Gasteiger partial charge in [-0.3, -0.25) is 9.29 Å². The van der Waals surface area contributed by atoms with Gasteiger partial charge >= 0.3 is 10.2 Å². The molecule has 0 radical (unpaired) electrons. The summed E-state index contributed by atoms with van der Waals surface area (Å²) < 4.78 is 85.5. The van der Waals surface area contributed by atoms with Gasteiger partial charge < -0.3 is 10.5 Å².